The second kappa shape index (κ2) is 6.06. The summed E-state index contributed by atoms with van der Waals surface area (Å²) in [5.74, 6) is -0.203. The summed E-state index contributed by atoms with van der Waals surface area (Å²) >= 11 is 3.25. The minimum atomic E-state index is -0.203. The molecule has 19 heavy (non-hydrogen) atoms. The normalized spacial score (nSPS) is 10.3. The van der Waals surface area contributed by atoms with E-state index in [4.69, 9.17) is 0 Å². The molecule has 4 heteroatoms. The van der Waals surface area contributed by atoms with E-state index in [2.05, 4.69) is 21.2 Å². The summed E-state index contributed by atoms with van der Waals surface area (Å²) in [4.78, 5) is 2.03. The first-order valence-corrected chi connectivity index (χ1v) is 6.81. The second-order valence-corrected chi connectivity index (χ2v) is 5.45. The summed E-state index contributed by atoms with van der Waals surface area (Å²) in [6.45, 7) is 0.468. The van der Waals surface area contributed by atoms with Gasteiger partial charge in [-0.3, -0.25) is 0 Å². The lowest BCUT2D eigenvalue weighted by Crippen LogP contribution is -2.09. The van der Waals surface area contributed by atoms with Crippen LogP contribution < -0.4 is 10.2 Å². The van der Waals surface area contributed by atoms with E-state index in [-0.39, 0.29) is 5.82 Å². The number of benzene rings is 2. The molecule has 2 nitrogen and oxygen atoms in total. The van der Waals surface area contributed by atoms with Gasteiger partial charge in [-0.15, -0.1) is 0 Å². The molecule has 0 aromatic heterocycles. The molecule has 100 valence electrons. The van der Waals surface area contributed by atoms with Crippen LogP contribution in [0, 0.1) is 5.82 Å². The minimum absolute atomic E-state index is 0.203. The number of hydrogen-bond acceptors (Lipinski definition) is 2. The highest BCUT2D eigenvalue weighted by molar-refractivity contribution is 9.10. The van der Waals surface area contributed by atoms with E-state index >= 15 is 0 Å². The zero-order valence-corrected chi connectivity index (χ0v) is 12.5. The third-order valence-corrected chi connectivity index (χ3v) is 3.35. The SMILES string of the molecule is CN(C)c1cccc(NCc2ccc(Br)cc2F)c1. The molecular weight excluding hydrogens is 307 g/mol. The second-order valence-electron chi connectivity index (χ2n) is 4.53. The van der Waals surface area contributed by atoms with Crippen molar-refractivity contribution in [2.24, 2.45) is 0 Å². The number of anilines is 2. The summed E-state index contributed by atoms with van der Waals surface area (Å²) < 4.78 is 14.4. The molecule has 0 aliphatic rings. The quantitative estimate of drug-likeness (QED) is 0.904. The molecule has 0 saturated carbocycles. The largest absolute Gasteiger partial charge is 0.381 e. The highest BCUT2D eigenvalue weighted by Crippen LogP contribution is 2.20. The van der Waals surface area contributed by atoms with Gasteiger partial charge in [-0.1, -0.05) is 28.1 Å². The Bertz CT molecular complexity index is 570. The van der Waals surface area contributed by atoms with Crippen molar-refractivity contribution >= 4 is 27.3 Å². The molecule has 0 saturated heterocycles. The predicted octanol–water partition coefficient (Wildman–Crippen LogP) is 4.27. The maximum absolute atomic E-state index is 13.7. The fourth-order valence-corrected chi connectivity index (χ4v) is 2.09. The Morgan fingerprint density at radius 3 is 2.63 bits per heavy atom. The summed E-state index contributed by atoms with van der Waals surface area (Å²) in [5, 5.41) is 3.23. The fourth-order valence-electron chi connectivity index (χ4n) is 1.76. The maximum atomic E-state index is 13.7. The van der Waals surface area contributed by atoms with Gasteiger partial charge in [0, 0.05) is 42.1 Å². The van der Waals surface area contributed by atoms with Crippen LogP contribution >= 0.6 is 15.9 Å². The first-order valence-electron chi connectivity index (χ1n) is 6.01. The van der Waals surface area contributed by atoms with Gasteiger partial charge in [0.05, 0.1) is 0 Å². The van der Waals surface area contributed by atoms with Gasteiger partial charge in [0.2, 0.25) is 0 Å². The molecule has 0 amide bonds. The highest BCUT2D eigenvalue weighted by Gasteiger charge is 2.03. The van der Waals surface area contributed by atoms with Gasteiger partial charge in [-0.25, -0.2) is 4.39 Å². The number of nitrogens with zero attached hydrogens (tertiary/aromatic N) is 1. The van der Waals surface area contributed by atoms with Crippen LogP contribution in [0.5, 0.6) is 0 Å². The molecular formula is C15H16BrFN2. The van der Waals surface area contributed by atoms with Crippen LogP contribution in [0.4, 0.5) is 15.8 Å². The molecule has 0 bridgehead atoms. The molecule has 0 radical (unpaired) electrons. The Morgan fingerprint density at radius 1 is 1.16 bits per heavy atom. The van der Waals surface area contributed by atoms with Crippen molar-refractivity contribution in [2.75, 3.05) is 24.3 Å². The fraction of sp³-hybridized carbons (Fsp3) is 0.200. The van der Waals surface area contributed by atoms with Crippen LogP contribution in [-0.2, 0) is 6.54 Å². The zero-order valence-electron chi connectivity index (χ0n) is 11.0. The van der Waals surface area contributed by atoms with Crippen molar-refractivity contribution in [1.29, 1.82) is 0 Å². The third-order valence-electron chi connectivity index (χ3n) is 2.86. The third kappa shape index (κ3) is 3.70. The van der Waals surface area contributed by atoms with E-state index < -0.39 is 0 Å². The van der Waals surface area contributed by atoms with Gasteiger partial charge in [0.15, 0.2) is 0 Å². The van der Waals surface area contributed by atoms with Crippen molar-refractivity contribution in [3.05, 3.63) is 58.3 Å². The summed E-state index contributed by atoms with van der Waals surface area (Å²) in [7, 11) is 3.99. The van der Waals surface area contributed by atoms with Crippen LogP contribution in [0.25, 0.3) is 0 Å². The van der Waals surface area contributed by atoms with Crippen LogP contribution in [-0.4, -0.2) is 14.1 Å². The average molecular weight is 323 g/mol. The molecule has 0 fully saturated rings. The van der Waals surface area contributed by atoms with Crippen molar-refractivity contribution < 1.29 is 4.39 Å². The maximum Gasteiger partial charge on any atom is 0.129 e. The molecule has 0 aliphatic carbocycles. The lowest BCUT2D eigenvalue weighted by Gasteiger charge is -2.14. The summed E-state index contributed by atoms with van der Waals surface area (Å²) in [6, 6.07) is 13.1. The van der Waals surface area contributed by atoms with Gasteiger partial charge in [-0.2, -0.15) is 0 Å². The lowest BCUT2D eigenvalue weighted by atomic mass is 10.2. The minimum Gasteiger partial charge on any atom is -0.381 e. The van der Waals surface area contributed by atoms with Crippen molar-refractivity contribution in [2.45, 2.75) is 6.54 Å². The molecule has 1 N–H and O–H groups in total. The van der Waals surface area contributed by atoms with Crippen LogP contribution in [0.3, 0.4) is 0 Å². The van der Waals surface area contributed by atoms with Gasteiger partial charge in [0.25, 0.3) is 0 Å². The molecule has 0 spiro atoms. The van der Waals surface area contributed by atoms with Gasteiger partial charge in [0.1, 0.15) is 5.82 Å². The first kappa shape index (κ1) is 13.9. The Hall–Kier alpha value is -1.55. The van der Waals surface area contributed by atoms with E-state index in [9.17, 15) is 4.39 Å². The molecule has 0 unspecified atom stereocenters. The van der Waals surface area contributed by atoms with E-state index in [0.717, 1.165) is 15.8 Å². The van der Waals surface area contributed by atoms with E-state index in [0.29, 0.717) is 12.1 Å². The van der Waals surface area contributed by atoms with Crippen molar-refractivity contribution in [1.82, 2.24) is 0 Å². The van der Waals surface area contributed by atoms with E-state index in [1.54, 1.807) is 6.07 Å². The molecule has 0 heterocycles. The van der Waals surface area contributed by atoms with Crippen molar-refractivity contribution in [3.8, 4) is 0 Å². The number of hydrogen-bond donors (Lipinski definition) is 1. The predicted molar refractivity (Wildman–Crippen MR) is 82.2 cm³/mol. The van der Waals surface area contributed by atoms with E-state index in [1.807, 2.05) is 49.3 Å². The lowest BCUT2D eigenvalue weighted by molar-refractivity contribution is 0.612. The van der Waals surface area contributed by atoms with Gasteiger partial charge >= 0.3 is 0 Å². The zero-order chi connectivity index (χ0) is 13.8. The first-order chi connectivity index (χ1) is 9.06. The van der Waals surface area contributed by atoms with Gasteiger partial charge in [-0.05, 0) is 30.3 Å². The Kier molecular flexibility index (Phi) is 4.43. The van der Waals surface area contributed by atoms with Crippen LogP contribution in [0.1, 0.15) is 5.56 Å². The molecule has 0 aliphatic heterocycles. The molecule has 2 rings (SSSR count). The number of rotatable bonds is 4. The van der Waals surface area contributed by atoms with E-state index in [1.165, 1.54) is 6.07 Å². The van der Waals surface area contributed by atoms with Crippen LogP contribution in [0.2, 0.25) is 0 Å². The number of halogens is 2. The highest BCUT2D eigenvalue weighted by atomic mass is 79.9. The summed E-state index contributed by atoms with van der Waals surface area (Å²) in [5.41, 5.74) is 2.74. The Balaban J connectivity index is 2.08. The summed E-state index contributed by atoms with van der Waals surface area (Å²) in [6.07, 6.45) is 0. The monoisotopic (exact) mass is 322 g/mol. The standard InChI is InChI=1S/C15H16BrFN2/c1-19(2)14-5-3-4-13(9-14)18-10-11-6-7-12(16)8-15(11)17/h3-9,18H,10H2,1-2H3. The number of nitrogens with one attached hydrogen (secondary N) is 1. The topological polar surface area (TPSA) is 15.3 Å². The molecule has 2 aromatic carbocycles. The Morgan fingerprint density at radius 2 is 1.95 bits per heavy atom. The Labute approximate surface area is 121 Å². The van der Waals surface area contributed by atoms with Crippen molar-refractivity contribution in [3.63, 3.8) is 0 Å². The molecule has 2 aromatic rings. The smallest absolute Gasteiger partial charge is 0.129 e. The average Bonchev–Trinajstić information content (AvgIpc) is 2.38. The molecule has 0 atom stereocenters. The van der Waals surface area contributed by atoms with Gasteiger partial charge < -0.3 is 10.2 Å². The van der Waals surface area contributed by atoms with Crippen LogP contribution in [0.15, 0.2) is 46.9 Å².